The van der Waals surface area contributed by atoms with Crippen LogP contribution in [0.4, 0.5) is 5.82 Å². The predicted octanol–water partition coefficient (Wildman–Crippen LogP) is 1.51. The van der Waals surface area contributed by atoms with E-state index in [4.69, 9.17) is 0 Å². The number of carbonyl (C=O) groups excluding carboxylic acids is 1. The molecule has 1 unspecified atom stereocenters. The Hall–Kier alpha value is -2.17. The van der Waals surface area contributed by atoms with E-state index in [1.807, 2.05) is 31.2 Å². The Labute approximate surface area is 118 Å². The van der Waals surface area contributed by atoms with Crippen molar-refractivity contribution in [2.24, 2.45) is 5.92 Å². The molecule has 3 rings (SSSR count). The number of fused-ring (bicyclic) bond motifs is 1. The molecule has 1 aliphatic heterocycles. The molecule has 0 radical (unpaired) electrons. The van der Waals surface area contributed by atoms with Gasteiger partial charge >= 0.3 is 0 Å². The summed E-state index contributed by atoms with van der Waals surface area (Å²) in [6, 6.07) is 8.02. The van der Waals surface area contributed by atoms with Crippen molar-refractivity contribution < 1.29 is 4.79 Å². The zero-order valence-corrected chi connectivity index (χ0v) is 11.8. The number of carbonyl (C=O) groups is 1. The second kappa shape index (κ2) is 5.07. The zero-order valence-electron chi connectivity index (χ0n) is 11.8. The molecule has 1 aromatic carbocycles. The van der Waals surface area contributed by atoms with E-state index < -0.39 is 0 Å². The van der Waals surface area contributed by atoms with Gasteiger partial charge in [0, 0.05) is 25.5 Å². The fourth-order valence-corrected chi connectivity index (χ4v) is 2.78. The van der Waals surface area contributed by atoms with Crippen molar-refractivity contribution in [3.63, 3.8) is 0 Å². The number of aromatic nitrogens is 2. The van der Waals surface area contributed by atoms with Crippen LogP contribution >= 0.6 is 0 Å². The molecule has 20 heavy (non-hydrogen) atoms. The van der Waals surface area contributed by atoms with Gasteiger partial charge < -0.3 is 10.2 Å². The molecule has 1 saturated heterocycles. The second-order valence-corrected chi connectivity index (χ2v) is 5.16. The number of anilines is 1. The van der Waals surface area contributed by atoms with Crippen LogP contribution in [0.3, 0.4) is 0 Å². The molecule has 5 nitrogen and oxygen atoms in total. The smallest absolute Gasteiger partial charge is 0.224 e. The molecule has 104 valence electrons. The number of rotatable bonds is 2. The molecular weight excluding hydrogens is 252 g/mol. The van der Waals surface area contributed by atoms with E-state index in [-0.39, 0.29) is 11.8 Å². The summed E-state index contributed by atoms with van der Waals surface area (Å²) in [6.07, 6.45) is 0.872. The van der Waals surface area contributed by atoms with E-state index in [0.717, 1.165) is 42.1 Å². The minimum atomic E-state index is 0.0500. The molecular formula is C15H18N4O. The van der Waals surface area contributed by atoms with Gasteiger partial charge in [-0.3, -0.25) is 4.79 Å². The topological polar surface area (TPSA) is 58.1 Å². The first-order chi connectivity index (χ1) is 9.69. The summed E-state index contributed by atoms with van der Waals surface area (Å²) < 4.78 is 0. The highest BCUT2D eigenvalue weighted by molar-refractivity contribution is 5.90. The molecule has 2 aromatic rings. The summed E-state index contributed by atoms with van der Waals surface area (Å²) in [7, 11) is 1.69. The number of hydrogen-bond donors (Lipinski definition) is 1. The monoisotopic (exact) mass is 270 g/mol. The lowest BCUT2D eigenvalue weighted by atomic mass is 10.1. The molecule has 2 heterocycles. The third-order valence-electron chi connectivity index (χ3n) is 3.80. The first-order valence-electron chi connectivity index (χ1n) is 6.89. The molecule has 1 fully saturated rings. The van der Waals surface area contributed by atoms with E-state index in [2.05, 4.69) is 20.2 Å². The van der Waals surface area contributed by atoms with Crippen molar-refractivity contribution >= 4 is 22.6 Å². The largest absolute Gasteiger partial charge is 0.359 e. The summed E-state index contributed by atoms with van der Waals surface area (Å²) in [6.45, 7) is 3.49. The van der Waals surface area contributed by atoms with Crippen molar-refractivity contribution in [3.05, 3.63) is 30.1 Å². The van der Waals surface area contributed by atoms with Crippen molar-refractivity contribution in [2.75, 3.05) is 25.0 Å². The van der Waals surface area contributed by atoms with E-state index in [0.29, 0.717) is 0 Å². The maximum absolute atomic E-state index is 11.8. The van der Waals surface area contributed by atoms with Crippen molar-refractivity contribution in [1.29, 1.82) is 0 Å². The lowest BCUT2D eigenvalue weighted by molar-refractivity contribution is -0.123. The van der Waals surface area contributed by atoms with Crippen molar-refractivity contribution in [2.45, 2.75) is 13.3 Å². The fraction of sp³-hybridized carbons (Fsp3) is 0.400. The van der Waals surface area contributed by atoms with Gasteiger partial charge in [0.1, 0.15) is 11.6 Å². The van der Waals surface area contributed by atoms with Gasteiger partial charge in [-0.2, -0.15) is 0 Å². The summed E-state index contributed by atoms with van der Waals surface area (Å²) in [5.74, 6) is 1.87. The Morgan fingerprint density at radius 2 is 2.15 bits per heavy atom. The second-order valence-electron chi connectivity index (χ2n) is 5.16. The predicted molar refractivity (Wildman–Crippen MR) is 78.7 cm³/mol. The highest BCUT2D eigenvalue weighted by Crippen LogP contribution is 2.28. The van der Waals surface area contributed by atoms with Crippen molar-refractivity contribution in [1.82, 2.24) is 15.3 Å². The standard InChI is InChI=1S/C15H18N4O/c1-10-17-13-6-4-3-5-12(13)14(18-10)19-8-7-11(9-19)15(20)16-2/h3-6,11H,7-9H2,1-2H3,(H,16,20). The van der Waals surface area contributed by atoms with Gasteiger partial charge in [0.05, 0.1) is 11.4 Å². The van der Waals surface area contributed by atoms with E-state index in [1.165, 1.54) is 0 Å². The molecule has 5 heteroatoms. The highest BCUT2D eigenvalue weighted by atomic mass is 16.1. The summed E-state index contributed by atoms with van der Waals surface area (Å²) in [5, 5.41) is 3.78. The quantitative estimate of drug-likeness (QED) is 0.898. The Morgan fingerprint density at radius 1 is 1.35 bits per heavy atom. The normalized spacial score (nSPS) is 18.5. The molecule has 0 aliphatic carbocycles. The lowest BCUT2D eigenvalue weighted by Gasteiger charge is -2.19. The molecule has 0 bridgehead atoms. The molecule has 1 atom stereocenters. The van der Waals surface area contributed by atoms with Crippen LogP contribution in [-0.2, 0) is 4.79 Å². The van der Waals surface area contributed by atoms with Gasteiger partial charge in [-0.05, 0) is 25.5 Å². The molecule has 1 aliphatic rings. The maximum Gasteiger partial charge on any atom is 0.224 e. The number of aryl methyl sites for hydroxylation is 1. The first kappa shape index (κ1) is 12.8. The van der Waals surface area contributed by atoms with Gasteiger partial charge in [0.2, 0.25) is 5.91 Å². The molecule has 0 spiro atoms. The minimum Gasteiger partial charge on any atom is -0.359 e. The van der Waals surface area contributed by atoms with Crippen LogP contribution in [0.1, 0.15) is 12.2 Å². The van der Waals surface area contributed by atoms with Gasteiger partial charge in [0.15, 0.2) is 0 Å². The summed E-state index contributed by atoms with van der Waals surface area (Å²) in [5.41, 5.74) is 0.957. The van der Waals surface area contributed by atoms with Crippen LogP contribution in [0.5, 0.6) is 0 Å². The summed E-state index contributed by atoms with van der Waals surface area (Å²) in [4.78, 5) is 23.0. The van der Waals surface area contributed by atoms with E-state index in [9.17, 15) is 4.79 Å². The fourth-order valence-electron chi connectivity index (χ4n) is 2.78. The van der Waals surface area contributed by atoms with Gasteiger partial charge in [0.25, 0.3) is 0 Å². The van der Waals surface area contributed by atoms with Gasteiger partial charge in [-0.1, -0.05) is 12.1 Å². The summed E-state index contributed by atoms with van der Waals surface area (Å²) >= 11 is 0. The van der Waals surface area contributed by atoms with Crippen LogP contribution < -0.4 is 10.2 Å². The number of benzene rings is 1. The van der Waals surface area contributed by atoms with Crippen molar-refractivity contribution in [3.8, 4) is 0 Å². The molecule has 1 aromatic heterocycles. The number of hydrogen-bond acceptors (Lipinski definition) is 4. The Morgan fingerprint density at radius 3 is 2.95 bits per heavy atom. The highest BCUT2D eigenvalue weighted by Gasteiger charge is 2.29. The number of nitrogens with zero attached hydrogens (tertiary/aromatic N) is 3. The lowest BCUT2D eigenvalue weighted by Crippen LogP contribution is -2.30. The third kappa shape index (κ3) is 2.19. The average molecular weight is 270 g/mol. The minimum absolute atomic E-state index is 0.0500. The van der Waals surface area contributed by atoms with Crippen LogP contribution in [0.25, 0.3) is 10.9 Å². The first-order valence-corrected chi connectivity index (χ1v) is 6.89. The SMILES string of the molecule is CNC(=O)C1CCN(c2nc(C)nc3ccccc23)C1. The Kier molecular flexibility index (Phi) is 3.26. The maximum atomic E-state index is 11.8. The number of amides is 1. The van der Waals surface area contributed by atoms with E-state index in [1.54, 1.807) is 7.05 Å². The number of nitrogens with one attached hydrogen (secondary N) is 1. The van der Waals surface area contributed by atoms with Crippen LogP contribution in [0.15, 0.2) is 24.3 Å². The Bertz CT molecular complexity index is 655. The van der Waals surface area contributed by atoms with Crippen LogP contribution in [0, 0.1) is 12.8 Å². The van der Waals surface area contributed by atoms with Crippen LogP contribution in [0.2, 0.25) is 0 Å². The third-order valence-corrected chi connectivity index (χ3v) is 3.80. The average Bonchev–Trinajstić information content (AvgIpc) is 2.95. The Balaban J connectivity index is 1.97. The zero-order chi connectivity index (χ0) is 14.1. The molecule has 1 N–H and O–H groups in total. The van der Waals surface area contributed by atoms with E-state index >= 15 is 0 Å². The van der Waals surface area contributed by atoms with Gasteiger partial charge in [-0.15, -0.1) is 0 Å². The van der Waals surface area contributed by atoms with Gasteiger partial charge in [-0.25, -0.2) is 9.97 Å². The molecule has 0 saturated carbocycles. The molecule has 1 amide bonds. The number of para-hydroxylation sites is 1. The van der Waals surface area contributed by atoms with Crippen LogP contribution in [-0.4, -0.2) is 36.0 Å².